The maximum Gasteiger partial charge on any atom is 0.260 e. The van der Waals surface area contributed by atoms with E-state index in [0.717, 1.165) is 29.2 Å². The minimum Gasteiger partial charge on any atom is -0.302 e. The van der Waals surface area contributed by atoms with Crippen LogP contribution in [0.5, 0.6) is 0 Å². The number of thiazole rings is 1. The maximum absolute atomic E-state index is 13.4. The Bertz CT molecular complexity index is 1160. The molecule has 174 valence electrons. The van der Waals surface area contributed by atoms with Crippen molar-refractivity contribution in [3.05, 3.63) is 48.0 Å². The van der Waals surface area contributed by atoms with Crippen LogP contribution in [0.3, 0.4) is 0 Å². The number of likely N-dealkylation sites (N-methyl/N-ethyl adjacent to an activating group) is 1. The van der Waals surface area contributed by atoms with Crippen molar-refractivity contribution in [3.63, 3.8) is 0 Å². The van der Waals surface area contributed by atoms with Crippen molar-refractivity contribution in [2.75, 3.05) is 43.6 Å². The molecule has 0 radical (unpaired) electrons. The van der Waals surface area contributed by atoms with E-state index in [1.807, 2.05) is 30.5 Å². The number of halogens is 1. The molecular formula is C22H28ClN3O3S3. The number of anilines is 1. The van der Waals surface area contributed by atoms with Crippen LogP contribution in [0.25, 0.3) is 10.2 Å². The number of benzene rings is 2. The normalized spacial score (nSPS) is 11.5. The van der Waals surface area contributed by atoms with Gasteiger partial charge in [-0.1, -0.05) is 25.2 Å². The van der Waals surface area contributed by atoms with Gasteiger partial charge < -0.3 is 4.90 Å². The number of carbonyl (C=O) groups is 1. The molecule has 0 saturated heterocycles. The molecule has 3 aromatic rings. The zero-order valence-electron chi connectivity index (χ0n) is 18.6. The molecule has 1 aromatic heterocycles. The number of carbonyl (C=O) groups excluding carboxylic acids is 1. The zero-order valence-corrected chi connectivity index (χ0v) is 21.8. The SMILES string of the molecule is CCN(CC)CCN(C(=O)c1ccc(SC)cc1)c1nc2ccc(S(C)(=O)=O)cc2s1.Cl. The summed E-state index contributed by atoms with van der Waals surface area (Å²) in [5.74, 6) is -0.109. The standard InChI is InChI=1S/C22H27N3O3S3.ClH/c1-5-24(6-2)13-14-25(21(26)16-7-9-17(29-3)10-8-16)22-23-19-12-11-18(31(4,27)28)15-20(19)30-22;/h7-12,15H,5-6,13-14H2,1-4H3;1H. The average Bonchev–Trinajstić information content (AvgIpc) is 3.19. The molecule has 1 amide bonds. The van der Waals surface area contributed by atoms with Crippen LogP contribution in [0.15, 0.2) is 52.3 Å². The molecule has 0 spiro atoms. The summed E-state index contributed by atoms with van der Waals surface area (Å²) < 4.78 is 24.6. The van der Waals surface area contributed by atoms with Crippen LogP contribution in [0.4, 0.5) is 5.13 Å². The number of hydrogen-bond donors (Lipinski definition) is 0. The predicted octanol–water partition coefficient (Wildman–Crippen LogP) is 4.83. The topological polar surface area (TPSA) is 70.6 Å². The van der Waals surface area contributed by atoms with Crippen molar-refractivity contribution in [1.29, 1.82) is 0 Å². The van der Waals surface area contributed by atoms with E-state index < -0.39 is 9.84 Å². The molecule has 0 atom stereocenters. The van der Waals surface area contributed by atoms with Gasteiger partial charge in [0.2, 0.25) is 0 Å². The number of nitrogens with zero attached hydrogens (tertiary/aromatic N) is 3. The molecule has 0 aliphatic heterocycles. The maximum atomic E-state index is 13.4. The number of rotatable bonds is 9. The lowest BCUT2D eigenvalue weighted by atomic mass is 10.2. The zero-order chi connectivity index (χ0) is 22.6. The molecule has 0 aliphatic carbocycles. The predicted molar refractivity (Wildman–Crippen MR) is 138 cm³/mol. The van der Waals surface area contributed by atoms with Crippen molar-refractivity contribution in [1.82, 2.24) is 9.88 Å². The Labute approximate surface area is 204 Å². The van der Waals surface area contributed by atoms with Gasteiger partial charge >= 0.3 is 0 Å². The van der Waals surface area contributed by atoms with Crippen LogP contribution >= 0.6 is 35.5 Å². The highest BCUT2D eigenvalue weighted by Crippen LogP contribution is 2.31. The Kier molecular flexibility index (Phi) is 9.53. The van der Waals surface area contributed by atoms with Crippen LogP contribution in [0, 0.1) is 0 Å². The lowest BCUT2D eigenvalue weighted by Gasteiger charge is -2.24. The van der Waals surface area contributed by atoms with Gasteiger partial charge in [0.25, 0.3) is 5.91 Å². The molecule has 0 bridgehead atoms. The second-order valence-electron chi connectivity index (χ2n) is 7.11. The highest BCUT2D eigenvalue weighted by atomic mass is 35.5. The van der Waals surface area contributed by atoms with Crippen LogP contribution in [0.2, 0.25) is 0 Å². The third-order valence-electron chi connectivity index (χ3n) is 5.12. The van der Waals surface area contributed by atoms with Gasteiger partial charge in [0.05, 0.1) is 15.1 Å². The van der Waals surface area contributed by atoms with Crippen molar-refractivity contribution in [2.45, 2.75) is 23.6 Å². The Morgan fingerprint density at radius 1 is 1.06 bits per heavy atom. The Balaban J connectivity index is 0.00000363. The lowest BCUT2D eigenvalue weighted by Crippen LogP contribution is -2.38. The largest absolute Gasteiger partial charge is 0.302 e. The first kappa shape index (κ1) is 26.6. The number of hydrogen-bond acceptors (Lipinski definition) is 7. The quantitative estimate of drug-likeness (QED) is 0.381. The molecule has 0 fully saturated rings. The van der Waals surface area contributed by atoms with Gasteiger partial charge in [0.15, 0.2) is 15.0 Å². The molecule has 6 nitrogen and oxygen atoms in total. The van der Waals surface area contributed by atoms with Gasteiger partial charge in [-0.15, -0.1) is 24.2 Å². The summed E-state index contributed by atoms with van der Waals surface area (Å²) in [4.78, 5) is 23.4. The first-order chi connectivity index (χ1) is 14.8. The number of amides is 1. The van der Waals surface area contributed by atoms with Crippen LogP contribution in [-0.2, 0) is 9.84 Å². The molecule has 2 aromatic carbocycles. The van der Waals surface area contributed by atoms with Gasteiger partial charge in [-0.3, -0.25) is 9.69 Å². The van der Waals surface area contributed by atoms with Crippen molar-refractivity contribution >= 4 is 66.6 Å². The first-order valence-electron chi connectivity index (χ1n) is 10.1. The van der Waals surface area contributed by atoms with Gasteiger partial charge in [-0.2, -0.15) is 0 Å². The van der Waals surface area contributed by atoms with Crippen LogP contribution < -0.4 is 4.90 Å². The van der Waals surface area contributed by atoms with E-state index in [1.54, 1.807) is 34.9 Å². The number of aromatic nitrogens is 1. The van der Waals surface area contributed by atoms with E-state index in [9.17, 15) is 13.2 Å². The minimum absolute atomic E-state index is 0. The summed E-state index contributed by atoms with van der Waals surface area (Å²) in [5.41, 5.74) is 1.29. The second kappa shape index (κ2) is 11.5. The van der Waals surface area contributed by atoms with E-state index in [1.165, 1.54) is 17.6 Å². The molecule has 0 aliphatic rings. The monoisotopic (exact) mass is 513 g/mol. The van der Waals surface area contributed by atoms with Crippen molar-refractivity contribution in [3.8, 4) is 0 Å². The van der Waals surface area contributed by atoms with E-state index in [4.69, 9.17) is 0 Å². The van der Waals surface area contributed by atoms with Crippen molar-refractivity contribution < 1.29 is 13.2 Å². The molecular weight excluding hydrogens is 486 g/mol. The van der Waals surface area contributed by atoms with Gasteiger partial charge in [0.1, 0.15) is 0 Å². The fraction of sp³-hybridized carbons (Fsp3) is 0.364. The third kappa shape index (κ3) is 6.23. The third-order valence-corrected chi connectivity index (χ3v) is 8.02. The van der Waals surface area contributed by atoms with E-state index in [2.05, 4.69) is 23.7 Å². The highest BCUT2D eigenvalue weighted by Gasteiger charge is 2.22. The van der Waals surface area contributed by atoms with Gasteiger partial charge in [-0.05, 0) is 61.8 Å². The molecule has 10 heteroatoms. The summed E-state index contributed by atoms with van der Waals surface area (Å²) in [7, 11) is -3.31. The molecule has 1 heterocycles. The number of sulfone groups is 1. The number of fused-ring (bicyclic) bond motifs is 1. The second-order valence-corrected chi connectivity index (χ2v) is 11.0. The average molecular weight is 514 g/mol. The summed E-state index contributed by atoms with van der Waals surface area (Å²) in [6, 6.07) is 12.5. The fourth-order valence-electron chi connectivity index (χ4n) is 3.19. The summed E-state index contributed by atoms with van der Waals surface area (Å²) in [5, 5.41) is 0.576. The number of thioether (sulfide) groups is 1. The van der Waals surface area contributed by atoms with Crippen LogP contribution in [-0.4, -0.2) is 62.9 Å². The Morgan fingerprint density at radius 3 is 2.28 bits per heavy atom. The summed E-state index contributed by atoms with van der Waals surface area (Å²) in [6.45, 7) is 7.23. The fourth-order valence-corrected chi connectivity index (χ4v) is 5.35. The van der Waals surface area contributed by atoms with Crippen LogP contribution in [0.1, 0.15) is 24.2 Å². The highest BCUT2D eigenvalue weighted by molar-refractivity contribution is 7.98. The lowest BCUT2D eigenvalue weighted by molar-refractivity contribution is 0.0983. The minimum atomic E-state index is -3.31. The smallest absolute Gasteiger partial charge is 0.260 e. The van der Waals surface area contributed by atoms with E-state index in [-0.39, 0.29) is 23.2 Å². The summed E-state index contributed by atoms with van der Waals surface area (Å²) >= 11 is 2.97. The molecule has 32 heavy (non-hydrogen) atoms. The molecule has 0 N–H and O–H groups in total. The van der Waals surface area contributed by atoms with Crippen molar-refractivity contribution in [2.24, 2.45) is 0 Å². The first-order valence-corrected chi connectivity index (χ1v) is 14.0. The Morgan fingerprint density at radius 2 is 1.72 bits per heavy atom. The van der Waals surface area contributed by atoms with Gasteiger partial charge in [0, 0.05) is 29.8 Å². The molecule has 3 rings (SSSR count). The van der Waals surface area contributed by atoms with Gasteiger partial charge in [-0.25, -0.2) is 13.4 Å². The van der Waals surface area contributed by atoms with E-state index in [0.29, 0.717) is 22.8 Å². The van der Waals surface area contributed by atoms with E-state index >= 15 is 0 Å². The molecule has 0 unspecified atom stereocenters. The Hall–Kier alpha value is -1.65. The molecule has 0 saturated carbocycles. The summed E-state index contributed by atoms with van der Waals surface area (Å²) in [6.07, 6.45) is 3.19.